The molecule has 78 valence electrons. The predicted molar refractivity (Wildman–Crippen MR) is 63.9 cm³/mol. The smallest absolute Gasteiger partial charge is 0.307 e. The van der Waals surface area contributed by atoms with Crippen molar-refractivity contribution in [3.8, 4) is 0 Å². The van der Waals surface area contributed by atoms with Gasteiger partial charge in [0, 0.05) is 17.8 Å². The Labute approximate surface area is 93.0 Å². The lowest BCUT2D eigenvalue weighted by atomic mass is 10.1. The van der Waals surface area contributed by atoms with Crippen LogP contribution in [0.4, 0.5) is 10.5 Å². The maximum atomic E-state index is 11.6. The molecular formula is C13H10N2O. The second-order valence-electron chi connectivity index (χ2n) is 3.66. The number of nitrogens with zero attached hydrogens (tertiary/aromatic N) is 1. The van der Waals surface area contributed by atoms with E-state index >= 15 is 0 Å². The Morgan fingerprint density at radius 3 is 2.56 bits per heavy atom. The lowest BCUT2D eigenvalue weighted by molar-refractivity contribution is 0.244. The van der Waals surface area contributed by atoms with Gasteiger partial charge in [-0.15, -0.1) is 0 Å². The molecule has 2 aromatic carbocycles. The highest BCUT2D eigenvalue weighted by Crippen LogP contribution is 2.23. The van der Waals surface area contributed by atoms with E-state index in [-0.39, 0.29) is 6.03 Å². The van der Waals surface area contributed by atoms with Crippen LogP contribution < -0.4 is 5.32 Å². The van der Waals surface area contributed by atoms with Crippen molar-refractivity contribution in [1.29, 1.82) is 0 Å². The fourth-order valence-corrected chi connectivity index (χ4v) is 1.68. The summed E-state index contributed by atoms with van der Waals surface area (Å²) in [6.07, 6.45) is 3.45. The van der Waals surface area contributed by atoms with Crippen LogP contribution in [0.3, 0.4) is 0 Å². The summed E-state index contributed by atoms with van der Waals surface area (Å²) in [7, 11) is 0. The zero-order valence-electron chi connectivity index (χ0n) is 8.55. The van der Waals surface area contributed by atoms with E-state index in [4.69, 9.17) is 0 Å². The molecule has 16 heavy (non-hydrogen) atoms. The molecule has 0 aliphatic carbocycles. The molecule has 0 aromatic heterocycles. The number of carbonyl (C=O) groups is 1. The van der Waals surface area contributed by atoms with Crippen LogP contribution in [0.2, 0.25) is 0 Å². The monoisotopic (exact) mass is 210 g/mol. The summed E-state index contributed by atoms with van der Waals surface area (Å²) in [5.74, 6) is 0. The topological polar surface area (TPSA) is 32.1 Å². The Morgan fingerprint density at radius 1 is 1.00 bits per heavy atom. The van der Waals surface area contributed by atoms with Crippen LogP contribution in [-0.2, 0) is 0 Å². The van der Waals surface area contributed by atoms with Crippen molar-refractivity contribution in [2.45, 2.75) is 0 Å². The number of fused-ring (bicyclic) bond motifs is 1. The van der Waals surface area contributed by atoms with Gasteiger partial charge in [-0.05, 0) is 11.5 Å². The maximum Gasteiger partial charge on any atom is 0.330 e. The highest BCUT2D eigenvalue weighted by Gasteiger charge is 2.16. The molecule has 2 aromatic rings. The fourth-order valence-electron chi connectivity index (χ4n) is 1.68. The van der Waals surface area contributed by atoms with Gasteiger partial charge in [0.2, 0.25) is 0 Å². The Balaban J connectivity index is 1.99. The third-order valence-corrected chi connectivity index (χ3v) is 2.56. The number of urea groups is 1. The van der Waals surface area contributed by atoms with E-state index in [2.05, 4.69) is 5.32 Å². The molecule has 0 spiro atoms. The Hall–Kier alpha value is -2.29. The van der Waals surface area contributed by atoms with Gasteiger partial charge in [-0.25, -0.2) is 4.79 Å². The van der Waals surface area contributed by atoms with Gasteiger partial charge in [-0.2, -0.15) is 0 Å². The number of anilines is 1. The van der Waals surface area contributed by atoms with Crippen LogP contribution in [0, 0.1) is 0 Å². The van der Waals surface area contributed by atoms with Crippen LogP contribution >= 0.6 is 0 Å². The van der Waals surface area contributed by atoms with Crippen molar-refractivity contribution >= 4 is 22.5 Å². The first kappa shape index (κ1) is 8.97. The number of hydrogen-bond donors (Lipinski definition) is 1. The highest BCUT2D eigenvalue weighted by atomic mass is 16.2. The van der Waals surface area contributed by atoms with Gasteiger partial charge in [-0.3, -0.25) is 4.90 Å². The van der Waals surface area contributed by atoms with Crippen molar-refractivity contribution in [2.24, 2.45) is 0 Å². The minimum atomic E-state index is -0.114. The van der Waals surface area contributed by atoms with E-state index < -0.39 is 0 Å². The number of nitrogens with one attached hydrogen (secondary N) is 1. The van der Waals surface area contributed by atoms with Gasteiger partial charge < -0.3 is 5.32 Å². The Morgan fingerprint density at radius 2 is 1.75 bits per heavy atom. The van der Waals surface area contributed by atoms with Gasteiger partial charge >= 0.3 is 6.03 Å². The molecule has 1 N–H and O–H groups in total. The van der Waals surface area contributed by atoms with Crippen LogP contribution in [0.1, 0.15) is 0 Å². The molecule has 0 unspecified atom stereocenters. The molecule has 0 atom stereocenters. The molecule has 1 aliphatic rings. The zero-order chi connectivity index (χ0) is 11.0. The Kier molecular flexibility index (Phi) is 1.90. The molecule has 0 radical (unpaired) electrons. The zero-order valence-corrected chi connectivity index (χ0v) is 8.55. The minimum Gasteiger partial charge on any atom is -0.307 e. The number of rotatable bonds is 1. The molecule has 3 heteroatoms. The van der Waals surface area contributed by atoms with E-state index in [9.17, 15) is 4.79 Å². The van der Waals surface area contributed by atoms with Crippen LogP contribution in [0.15, 0.2) is 54.9 Å². The van der Waals surface area contributed by atoms with Crippen LogP contribution in [0.25, 0.3) is 10.8 Å². The average molecular weight is 210 g/mol. The molecule has 1 aliphatic heterocycles. The van der Waals surface area contributed by atoms with Crippen molar-refractivity contribution in [3.05, 3.63) is 54.9 Å². The molecule has 0 saturated carbocycles. The molecule has 3 nitrogen and oxygen atoms in total. The number of amides is 2. The minimum absolute atomic E-state index is 0.114. The summed E-state index contributed by atoms with van der Waals surface area (Å²) in [5, 5.41) is 5.05. The summed E-state index contributed by atoms with van der Waals surface area (Å²) in [6, 6.07) is 13.7. The van der Waals surface area contributed by atoms with E-state index in [1.165, 1.54) is 4.90 Å². The van der Waals surface area contributed by atoms with Crippen LogP contribution in [0.5, 0.6) is 0 Å². The van der Waals surface area contributed by atoms with Gasteiger partial charge in [0.15, 0.2) is 0 Å². The first-order chi connectivity index (χ1) is 7.84. The van der Waals surface area contributed by atoms with E-state index in [1.807, 2.05) is 42.5 Å². The highest BCUT2D eigenvalue weighted by molar-refractivity contribution is 6.02. The molecule has 0 bridgehead atoms. The second-order valence-corrected chi connectivity index (χ2v) is 3.66. The molecule has 3 rings (SSSR count). The third-order valence-electron chi connectivity index (χ3n) is 2.56. The molecule has 1 heterocycles. The van der Waals surface area contributed by atoms with Crippen molar-refractivity contribution in [2.75, 3.05) is 5.32 Å². The van der Waals surface area contributed by atoms with Gasteiger partial charge in [0.1, 0.15) is 0 Å². The first-order valence-electron chi connectivity index (χ1n) is 5.10. The summed E-state index contributed by atoms with van der Waals surface area (Å²) in [6.45, 7) is 0. The largest absolute Gasteiger partial charge is 0.330 e. The SMILES string of the molecule is O=C(Nc1cccc2ccccc12)N1C=C1. The van der Waals surface area contributed by atoms with Gasteiger partial charge in [0.05, 0.1) is 5.69 Å². The average Bonchev–Trinajstić information content (AvgIpc) is 3.13. The summed E-state index contributed by atoms with van der Waals surface area (Å²) < 4.78 is 0. The fraction of sp³-hybridized carbons (Fsp3) is 0. The Bertz CT molecular complexity index is 578. The third kappa shape index (κ3) is 1.52. The van der Waals surface area contributed by atoms with E-state index in [0.29, 0.717) is 0 Å². The van der Waals surface area contributed by atoms with E-state index in [0.717, 1.165) is 16.5 Å². The second kappa shape index (κ2) is 3.38. The molecule has 0 fully saturated rings. The van der Waals surface area contributed by atoms with Crippen molar-refractivity contribution in [1.82, 2.24) is 4.90 Å². The van der Waals surface area contributed by atoms with Crippen molar-refractivity contribution in [3.63, 3.8) is 0 Å². The lowest BCUT2D eigenvalue weighted by Gasteiger charge is -2.08. The summed E-state index contributed by atoms with van der Waals surface area (Å²) >= 11 is 0. The lowest BCUT2D eigenvalue weighted by Crippen LogP contribution is -2.18. The van der Waals surface area contributed by atoms with Gasteiger partial charge in [0.25, 0.3) is 0 Å². The van der Waals surface area contributed by atoms with Crippen molar-refractivity contribution < 1.29 is 4.79 Å². The van der Waals surface area contributed by atoms with Gasteiger partial charge in [-0.1, -0.05) is 36.4 Å². The molecule has 0 saturated heterocycles. The van der Waals surface area contributed by atoms with Crippen LogP contribution in [-0.4, -0.2) is 10.9 Å². The summed E-state index contributed by atoms with van der Waals surface area (Å²) in [5.41, 5.74) is 0.844. The first-order valence-corrected chi connectivity index (χ1v) is 5.10. The number of hydrogen-bond acceptors (Lipinski definition) is 1. The number of carbonyl (C=O) groups excluding carboxylic acids is 1. The summed E-state index contributed by atoms with van der Waals surface area (Å²) in [4.78, 5) is 13.1. The maximum absolute atomic E-state index is 11.6. The standard InChI is InChI=1S/C13H10N2O/c16-13(15-8-9-15)14-12-7-3-5-10-4-1-2-6-11(10)12/h1-9H,(H,14,16). The van der Waals surface area contributed by atoms with E-state index in [1.54, 1.807) is 12.4 Å². The predicted octanol–water partition coefficient (Wildman–Crippen LogP) is 3.16. The normalized spacial score (nSPS) is 12.9. The molecular weight excluding hydrogens is 200 g/mol. The molecule has 2 amide bonds. The quantitative estimate of drug-likeness (QED) is 0.770. The number of benzene rings is 2.